The SMILES string of the molecule is O=C(O)Oc1cc(-c2ccc(Cl)c(Cl)c2)ncn1. The molecule has 0 spiro atoms. The molecule has 0 saturated carbocycles. The molecule has 0 atom stereocenters. The van der Waals surface area contributed by atoms with Crippen LogP contribution < -0.4 is 4.74 Å². The second-order valence-electron chi connectivity index (χ2n) is 3.24. The van der Waals surface area contributed by atoms with E-state index >= 15 is 0 Å². The summed E-state index contributed by atoms with van der Waals surface area (Å²) < 4.78 is 4.44. The Balaban J connectivity index is 2.38. The fraction of sp³-hybridized carbons (Fsp3) is 0. The number of hydrogen-bond acceptors (Lipinski definition) is 4. The van der Waals surface area contributed by atoms with Crippen LogP contribution in [-0.2, 0) is 0 Å². The van der Waals surface area contributed by atoms with Crippen molar-refractivity contribution in [2.75, 3.05) is 0 Å². The van der Waals surface area contributed by atoms with Crippen LogP contribution in [0.3, 0.4) is 0 Å². The van der Waals surface area contributed by atoms with Crippen LogP contribution in [0.15, 0.2) is 30.6 Å². The van der Waals surface area contributed by atoms with Crippen molar-refractivity contribution in [1.82, 2.24) is 9.97 Å². The predicted molar refractivity (Wildman–Crippen MR) is 66.1 cm³/mol. The molecule has 92 valence electrons. The van der Waals surface area contributed by atoms with Gasteiger partial charge in [0.05, 0.1) is 15.7 Å². The van der Waals surface area contributed by atoms with Gasteiger partial charge in [-0.25, -0.2) is 14.8 Å². The highest BCUT2D eigenvalue weighted by Gasteiger charge is 2.07. The van der Waals surface area contributed by atoms with E-state index in [2.05, 4.69) is 14.7 Å². The maximum Gasteiger partial charge on any atom is 0.512 e. The molecule has 7 heteroatoms. The van der Waals surface area contributed by atoms with Gasteiger partial charge in [0.25, 0.3) is 0 Å². The van der Waals surface area contributed by atoms with Crippen LogP contribution in [0.25, 0.3) is 11.3 Å². The van der Waals surface area contributed by atoms with E-state index in [-0.39, 0.29) is 5.88 Å². The van der Waals surface area contributed by atoms with Crippen molar-refractivity contribution in [3.05, 3.63) is 40.6 Å². The molecular weight excluding hydrogens is 279 g/mol. The number of ether oxygens (including phenoxy) is 1. The van der Waals surface area contributed by atoms with Gasteiger partial charge in [-0.1, -0.05) is 29.3 Å². The Kier molecular flexibility index (Phi) is 3.64. The number of nitrogens with zero attached hydrogens (tertiary/aromatic N) is 2. The minimum atomic E-state index is -1.44. The van der Waals surface area contributed by atoms with E-state index in [1.165, 1.54) is 12.4 Å². The lowest BCUT2D eigenvalue weighted by Crippen LogP contribution is -2.04. The maximum atomic E-state index is 10.4. The molecule has 2 rings (SSSR count). The van der Waals surface area contributed by atoms with Crippen molar-refractivity contribution >= 4 is 29.4 Å². The smallest absolute Gasteiger partial charge is 0.449 e. The van der Waals surface area contributed by atoms with Crippen LogP contribution in [-0.4, -0.2) is 21.2 Å². The average molecular weight is 285 g/mol. The molecule has 0 unspecified atom stereocenters. The van der Waals surface area contributed by atoms with Crippen molar-refractivity contribution in [2.45, 2.75) is 0 Å². The molecule has 1 aromatic heterocycles. The van der Waals surface area contributed by atoms with Crippen LogP contribution in [0.1, 0.15) is 0 Å². The second kappa shape index (κ2) is 5.20. The lowest BCUT2D eigenvalue weighted by molar-refractivity contribution is 0.142. The van der Waals surface area contributed by atoms with Crippen molar-refractivity contribution in [1.29, 1.82) is 0 Å². The molecule has 2 aromatic rings. The third kappa shape index (κ3) is 2.88. The Labute approximate surface area is 112 Å². The first-order valence-corrected chi connectivity index (χ1v) is 5.50. The number of aromatic nitrogens is 2. The first-order valence-electron chi connectivity index (χ1n) is 4.74. The molecule has 1 aromatic carbocycles. The molecule has 18 heavy (non-hydrogen) atoms. The number of hydrogen-bond donors (Lipinski definition) is 1. The van der Waals surface area contributed by atoms with Crippen LogP contribution >= 0.6 is 23.2 Å². The Morgan fingerprint density at radius 3 is 2.61 bits per heavy atom. The number of carbonyl (C=O) groups is 1. The molecule has 0 amide bonds. The fourth-order valence-corrected chi connectivity index (χ4v) is 1.60. The summed E-state index contributed by atoms with van der Waals surface area (Å²) in [6.07, 6.45) is -0.232. The zero-order chi connectivity index (χ0) is 13.1. The lowest BCUT2D eigenvalue weighted by atomic mass is 10.1. The first-order chi connectivity index (χ1) is 8.56. The van der Waals surface area contributed by atoms with Gasteiger partial charge in [-0.05, 0) is 12.1 Å². The summed E-state index contributed by atoms with van der Waals surface area (Å²) in [5.41, 5.74) is 1.17. The van der Waals surface area contributed by atoms with E-state index in [0.717, 1.165) is 0 Å². The van der Waals surface area contributed by atoms with E-state index in [4.69, 9.17) is 28.3 Å². The zero-order valence-electron chi connectivity index (χ0n) is 8.80. The molecule has 0 aliphatic heterocycles. The van der Waals surface area contributed by atoms with Gasteiger partial charge in [0, 0.05) is 11.6 Å². The Morgan fingerprint density at radius 2 is 1.94 bits per heavy atom. The average Bonchev–Trinajstić information content (AvgIpc) is 2.32. The van der Waals surface area contributed by atoms with E-state index < -0.39 is 6.16 Å². The summed E-state index contributed by atoms with van der Waals surface area (Å²) in [5, 5.41) is 9.30. The molecule has 1 heterocycles. The van der Waals surface area contributed by atoms with Crippen molar-refractivity contribution in [2.24, 2.45) is 0 Å². The largest absolute Gasteiger partial charge is 0.512 e. The minimum absolute atomic E-state index is 0.0569. The van der Waals surface area contributed by atoms with Crippen LogP contribution in [0.4, 0.5) is 4.79 Å². The molecule has 0 fully saturated rings. The van der Waals surface area contributed by atoms with Gasteiger partial charge >= 0.3 is 6.16 Å². The van der Waals surface area contributed by atoms with E-state index in [0.29, 0.717) is 21.3 Å². The minimum Gasteiger partial charge on any atom is -0.449 e. The summed E-state index contributed by atoms with van der Waals surface area (Å²) in [6, 6.07) is 6.35. The van der Waals surface area contributed by atoms with E-state index in [1.54, 1.807) is 18.2 Å². The molecule has 0 bridgehead atoms. The Bertz CT molecular complexity index is 605. The highest BCUT2D eigenvalue weighted by Crippen LogP contribution is 2.28. The third-order valence-corrected chi connectivity index (χ3v) is 2.79. The first kappa shape index (κ1) is 12.6. The molecule has 5 nitrogen and oxygen atoms in total. The molecular formula is C11H6Cl2N2O3. The highest BCUT2D eigenvalue weighted by atomic mass is 35.5. The number of rotatable bonds is 2. The van der Waals surface area contributed by atoms with Gasteiger partial charge in [-0.3, -0.25) is 0 Å². The summed E-state index contributed by atoms with van der Waals surface area (Å²) in [5.74, 6) is -0.0569. The van der Waals surface area contributed by atoms with Crippen LogP contribution in [0.2, 0.25) is 10.0 Å². The Hall–Kier alpha value is -1.85. The topological polar surface area (TPSA) is 72.3 Å². The molecule has 0 saturated heterocycles. The summed E-state index contributed by atoms with van der Waals surface area (Å²) in [6.45, 7) is 0. The summed E-state index contributed by atoms with van der Waals surface area (Å²) in [4.78, 5) is 18.1. The second-order valence-corrected chi connectivity index (χ2v) is 4.05. The number of halogens is 2. The number of benzene rings is 1. The monoisotopic (exact) mass is 284 g/mol. The van der Waals surface area contributed by atoms with Gasteiger partial charge in [-0.2, -0.15) is 0 Å². The van der Waals surface area contributed by atoms with Gasteiger partial charge in [0.15, 0.2) is 0 Å². The Morgan fingerprint density at radius 1 is 1.17 bits per heavy atom. The fourth-order valence-electron chi connectivity index (χ4n) is 1.30. The standard InChI is InChI=1S/C11H6Cl2N2O3/c12-7-2-1-6(3-8(7)13)9-4-10(15-5-14-9)18-11(16)17/h1-5H,(H,16,17). The predicted octanol–water partition coefficient (Wildman–Crippen LogP) is 3.51. The molecule has 0 aliphatic carbocycles. The highest BCUT2D eigenvalue weighted by molar-refractivity contribution is 6.42. The van der Waals surface area contributed by atoms with Gasteiger partial charge in [0.1, 0.15) is 6.33 Å². The van der Waals surface area contributed by atoms with Gasteiger partial charge in [0.2, 0.25) is 5.88 Å². The van der Waals surface area contributed by atoms with Crippen molar-refractivity contribution in [3.8, 4) is 17.1 Å². The van der Waals surface area contributed by atoms with Crippen LogP contribution in [0, 0.1) is 0 Å². The van der Waals surface area contributed by atoms with Gasteiger partial charge in [-0.15, -0.1) is 0 Å². The summed E-state index contributed by atoms with van der Waals surface area (Å²) >= 11 is 11.7. The van der Waals surface area contributed by atoms with Crippen LogP contribution in [0.5, 0.6) is 5.88 Å². The molecule has 1 N–H and O–H groups in total. The van der Waals surface area contributed by atoms with E-state index in [9.17, 15) is 4.79 Å². The maximum absolute atomic E-state index is 10.4. The van der Waals surface area contributed by atoms with Crippen molar-refractivity contribution < 1.29 is 14.6 Å². The quantitative estimate of drug-likeness (QED) is 0.855. The lowest BCUT2D eigenvalue weighted by Gasteiger charge is -2.04. The molecule has 0 radical (unpaired) electrons. The van der Waals surface area contributed by atoms with Crippen molar-refractivity contribution in [3.63, 3.8) is 0 Å². The third-order valence-electron chi connectivity index (χ3n) is 2.05. The summed E-state index contributed by atoms with van der Waals surface area (Å²) in [7, 11) is 0. The molecule has 0 aliphatic rings. The zero-order valence-corrected chi connectivity index (χ0v) is 10.3. The number of carboxylic acid groups (broad SMARTS) is 1. The van der Waals surface area contributed by atoms with E-state index in [1.807, 2.05) is 0 Å². The normalized spacial score (nSPS) is 10.1. The van der Waals surface area contributed by atoms with Gasteiger partial charge < -0.3 is 9.84 Å².